The number of carbonyl (C=O) groups excluding carboxylic acids is 1. The molecule has 6 nitrogen and oxygen atoms in total. The third-order valence-electron chi connectivity index (χ3n) is 3.53. The molecule has 1 N–H and O–H groups in total. The highest BCUT2D eigenvalue weighted by atomic mass is 19.1. The number of aryl methyl sites for hydroxylation is 1. The molecule has 1 amide bonds. The highest BCUT2D eigenvalue weighted by molar-refractivity contribution is 6.01. The zero-order chi connectivity index (χ0) is 17.6. The summed E-state index contributed by atoms with van der Waals surface area (Å²) in [5, 5.41) is 11.1. The highest BCUT2D eigenvalue weighted by Crippen LogP contribution is 2.08. The van der Waals surface area contributed by atoms with Crippen LogP contribution in [0.3, 0.4) is 0 Å². The standard InChI is InChI=1S/C18H18FN5O/c1-2-23-13-15(11-20-23)6-7-18(25)21-17-8-9-24(22-17)12-14-4-3-5-16(19)10-14/h3-11,13H,2,12H2,1H3,(H,21,22,25)/b7-6+. The van der Waals surface area contributed by atoms with Gasteiger partial charge in [-0.05, 0) is 30.7 Å². The zero-order valence-electron chi connectivity index (χ0n) is 13.8. The molecule has 3 aromatic rings. The Morgan fingerprint density at radius 2 is 2.20 bits per heavy atom. The lowest BCUT2D eigenvalue weighted by Crippen LogP contribution is -2.09. The molecule has 7 heteroatoms. The van der Waals surface area contributed by atoms with E-state index in [2.05, 4.69) is 15.5 Å². The first-order valence-electron chi connectivity index (χ1n) is 7.92. The Bertz CT molecular complexity index is 896. The quantitative estimate of drug-likeness (QED) is 0.702. The van der Waals surface area contributed by atoms with Crippen LogP contribution in [-0.4, -0.2) is 25.5 Å². The Morgan fingerprint density at radius 3 is 2.96 bits per heavy atom. The van der Waals surface area contributed by atoms with Crippen molar-refractivity contribution in [3.63, 3.8) is 0 Å². The molecule has 0 fully saturated rings. The molecule has 1 aromatic carbocycles. The van der Waals surface area contributed by atoms with Crippen LogP contribution in [0.15, 0.2) is 55.0 Å². The van der Waals surface area contributed by atoms with E-state index < -0.39 is 0 Å². The van der Waals surface area contributed by atoms with Gasteiger partial charge >= 0.3 is 0 Å². The van der Waals surface area contributed by atoms with Gasteiger partial charge in [-0.2, -0.15) is 10.2 Å². The van der Waals surface area contributed by atoms with Crippen LogP contribution < -0.4 is 5.32 Å². The predicted octanol–water partition coefficient (Wildman–Crippen LogP) is 2.94. The minimum atomic E-state index is -0.283. The molecule has 3 rings (SSSR count). The zero-order valence-corrected chi connectivity index (χ0v) is 13.8. The van der Waals surface area contributed by atoms with Crippen molar-refractivity contribution < 1.29 is 9.18 Å². The molecule has 0 aliphatic carbocycles. The third-order valence-corrected chi connectivity index (χ3v) is 3.53. The van der Waals surface area contributed by atoms with Crippen LogP contribution in [0.25, 0.3) is 6.08 Å². The fourth-order valence-corrected chi connectivity index (χ4v) is 2.32. The number of anilines is 1. The molecule has 0 spiro atoms. The SMILES string of the molecule is CCn1cc(/C=C/C(=O)Nc2ccn(Cc3cccc(F)c3)n2)cn1. The minimum Gasteiger partial charge on any atom is -0.306 e. The van der Waals surface area contributed by atoms with Crippen LogP contribution in [0, 0.1) is 5.82 Å². The van der Waals surface area contributed by atoms with Crippen molar-refractivity contribution in [2.75, 3.05) is 5.32 Å². The van der Waals surface area contributed by atoms with Gasteiger partial charge in [-0.25, -0.2) is 4.39 Å². The van der Waals surface area contributed by atoms with Crippen LogP contribution in [0.4, 0.5) is 10.2 Å². The average Bonchev–Trinajstić information content (AvgIpc) is 3.22. The summed E-state index contributed by atoms with van der Waals surface area (Å²) >= 11 is 0. The summed E-state index contributed by atoms with van der Waals surface area (Å²) in [6.07, 6.45) is 8.41. The van der Waals surface area contributed by atoms with E-state index in [9.17, 15) is 9.18 Å². The van der Waals surface area contributed by atoms with Gasteiger partial charge < -0.3 is 5.32 Å². The molecule has 25 heavy (non-hydrogen) atoms. The maximum absolute atomic E-state index is 13.2. The fourth-order valence-electron chi connectivity index (χ4n) is 2.32. The Kier molecular flexibility index (Phi) is 5.03. The maximum atomic E-state index is 13.2. The third kappa shape index (κ3) is 4.63. The average molecular weight is 339 g/mol. The first kappa shape index (κ1) is 16.6. The number of benzene rings is 1. The van der Waals surface area contributed by atoms with E-state index in [1.165, 1.54) is 18.2 Å². The van der Waals surface area contributed by atoms with E-state index in [0.717, 1.165) is 17.7 Å². The Morgan fingerprint density at radius 1 is 1.32 bits per heavy atom. The van der Waals surface area contributed by atoms with E-state index in [1.54, 1.807) is 40.0 Å². The van der Waals surface area contributed by atoms with Crippen molar-refractivity contribution in [2.24, 2.45) is 0 Å². The van der Waals surface area contributed by atoms with Crippen molar-refractivity contribution in [3.8, 4) is 0 Å². The van der Waals surface area contributed by atoms with Crippen molar-refractivity contribution in [3.05, 3.63) is 71.9 Å². The second-order valence-electron chi connectivity index (χ2n) is 5.48. The monoisotopic (exact) mass is 339 g/mol. The molecular weight excluding hydrogens is 321 g/mol. The molecule has 2 heterocycles. The first-order chi connectivity index (χ1) is 12.1. The Balaban J connectivity index is 1.58. The predicted molar refractivity (Wildman–Crippen MR) is 93.3 cm³/mol. The smallest absolute Gasteiger partial charge is 0.249 e. The molecule has 0 saturated carbocycles. The largest absolute Gasteiger partial charge is 0.306 e. The molecule has 0 atom stereocenters. The summed E-state index contributed by atoms with van der Waals surface area (Å²) < 4.78 is 16.6. The van der Waals surface area contributed by atoms with Gasteiger partial charge in [-0.1, -0.05) is 12.1 Å². The van der Waals surface area contributed by atoms with E-state index in [0.29, 0.717) is 12.4 Å². The van der Waals surface area contributed by atoms with Gasteiger partial charge in [0.1, 0.15) is 5.82 Å². The lowest BCUT2D eigenvalue weighted by Gasteiger charge is -2.02. The number of hydrogen-bond donors (Lipinski definition) is 1. The van der Waals surface area contributed by atoms with Crippen LogP contribution in [0.5, 0.6) is 0 Å². The Hall–Kier alpha value is -3.22. The van der Waals surface area contributed by atoms with Crippen LogP contribution in [0.2, 0.25) is 0 Å². The van der Waals surface area contributed by atoms with Gasteiger partial charge in [0, 0.05) is 36.6 Å². The summed E-state index contributed by atoms with van der Waals surface area (Å²) in [7, 11) is 0. The van der Waals surface area contributed by atoms with E-state index in [1.807, 2.05) is 19.2 Å². The summed E-state index contributed by atoms with van der Waals surface area (Å²) in [4.78, 5) is 12.0. The molecule has 0 bridgehead atoms. The molecule has 0 aliphatic rings. The molecule has 0 radical (unpaired) electrons. The molecule has 0 saturated heterocycles. The van der Waals surface area contributed by atoms with Gasteiger partial charge in [-0.15, -0.1) is 0 Å². The summed E-state index contributed by atoms with van der Waals surface area (Å²) in [6, 6.07) is 8.03. The molecular formula is C18H18FN5O. The number of halogens is 1. The van der Waals surface area contributed by atoms with Gasteiger partial charge in [0.15, 0.2) is 5.82 Å². The lowest BCUT2D eigenvalue weighted by atomic mass is 10.2. The number of nitrogens with one attached hydrogen (secondary N) is 1. The second-order valence-corrected chi connectivity index (χ2v) is 5.48. The second kappa shape index (κ2) is 7.57. The number of carbonyl (C=O) groups is 1. The van der Waals surface area contributed by atoms with E-state index in [4.69, 9.17) is 0 Å². The molecule has 0 aliphatic heterocycles. The van der Waals surface area contributed by atoms with Crippen LogP contribution in [0.1, 0.15) is 18.1 Å². The van der Waals surface area contributed by atoms with Gasteiger partial charge in [-0.3, -0.25) is 14.2 Å². The van der Waals surface area contributed by atoms with Crippen molar-refractivity contribution in [1.29, 1.82) is 0 Å². The molecule has 0 unspecified atom stereocenters. The van der Waals surface area contributed by atoms with Gasteiger partial charge in [0.2, 0.25) is 5.91 Å². The first-order valence-corrected chi connectivity index (χ1v) is 7.92. The fraction of sp³-hybridized carbons (Fsp3) is 0.167. The van der Waals surface area contributed by atoms with Crippen molar-refractivity contribution in [1.82, 2.24) is 19.6 Å². The summed E-state index contributed by atoms with van der Waals surface area (Å²) in [5.74, 6) is -0.120. The van der Waals surface area contributed by atoms with Gasteiger partial charge in [0.25, 0.3) is 0 Å². The molecule has 128 valence electrons. The summed E-state index contributed by atoms with van der Waals surface area (Å²) in [5.41, 5.74) is 1.66. The van der Waals surface area contributed by atoms with Crippen LogP contribution in [-0.2, 0) is 17.9 Å². The van der Waals surface area contributed by atoms with Gasteiger partial charge in [0.05, 0.1) is 12.7 Å². The summed E-state index contributed by atoms with van der Waals surface area (Å²) in [6.45, 7) is 3.20. The van der Waals surface area contributed by atoms with E-state index >= 15 is 0 Å². The highest BCUT2D eigenvalue weighted by Gasteiger charge is 2.04. The normalized spacial score (nSPS) is 11.1. The maximum Gasteiger partial charge on any atom is 0.249 e. The number of amides is 1. The number of rotatable bonds is 6. The minimum absolute atomic E-state index is 0.278. The van der Waals surface area contributed by atoms with Crippen LogP contribution >= 0.6 is 0 Å². The van der Waals surface area contributed by atoms with E-state index in [-0.39, 0.29) is 11.7 Å². The number of aromatic nitrogens is 4. The number of nitrogens with zero attached hydrogens (tertiary/aromatic N) is 4. The topological polar surface area (TPSA) is 64.7 Å². The van der Waals surface area contributed by atoms with Crippen molar-refractivity contribution >= 4 is 17.8 Å². The lowest BCUT2D eigenvalue weighted by molar-refractivity contribution is -0.111. The molecule has 2 aromatic heterocycles. The number of hydrogen-bond acceptors (Lipinski definition) is 3. The van der Waals surface area contributed by atoms with Crippen molar-refractivity contribution in [2.45, 2.75) is 20.0 Å². The Labute approximate surface area is 144 Å².